The van der Waals surface area contributed by atoms with Gasteiger partial charge in [-0.15, -0.1) is 0 Å². The standard InChI is InChI=1S/C16H28N2O/c1-4-16(14-15-8-6-5-7-9-15)17-10-11-18(2)12-13-19-3/h5-9,16-17H,4,10-14H2,1-3H3. The highest BCUT2D eigenvalue weighted by molar-refractivity contribution is 5.15. The van der Waals surface area contributed by atoms with Crippen molar-refractivity contribution in [3.05, 3.63) is 35.9 Å². The molecule has 0 amide bonds. The summed E-state index contributed by atoms with van der Waals surface area (Å²) in [6.45, 7) is 6.14. The van der Waals surface area contributed by atoms with Gasteiger partial charge in [0.1, 0.15) is 0 Å². The molecule has 19 heavy (non-hydrogen) atoms. The molecular weight excluding hydrogens is 236 g/mol. The molecule has 0 spiro atoms. The Labute approximate surface area is 118 Å². The monoisotopic (exact) mass is 264 g/mol. The quantitative estimate of drug-likeness (QED) is 0.701. The molecule has 1 aromatic carbocycles. The van der Waals surface area contributed by atoms with Crippen LogP contribution in [0.1, 0.15) is 18.9 Å². The highest BCUT2D eigenvalue weighted by Crippen LogP contribution is 2.05. The minimum atomic E-state index is 0.568. The average molecular weight is 264 g/mol. The van der Waals surface area contributed by atoms with Crippen molar-refractivity contribution in [3.63, 3.8) is 0 Å². The molecule has 0 heterocycles. The van der Waals surface area contributed by atoms with Crippen molar-refractivity contribution in [2.75, 3.05) is 40.4 Å². The molecule has 1 N–H and O–H groups in total. The molecule has 1 aromatic rings. The van der Waals surface area contributed by atoms with Crippen LogP contribution in [0.2, 0.25) is 0 Å². The van der Waals surface area contributed by atoms with E-state index in [4.69, 9.17) is 4.74 Å². The summed E-state index contributed by atoms with van der Waals surface area (Å²) in [4.78, 5) is 2.30. The summed E-state index contributed by atoms with van der Waals surface area (Å²) >= 11 is 0. The van der Waals surface area contributed by atoms with E-state index in [1.54, 1.807) is 7.11 Å². The molecule has 108 valence electrons. The van der Waals surface area contributed by atoms with E-state index in [9.17, 15) is 0 Å². The van der Waals surface area contributed by atoms with Crippen LogP contribution >= 0.6 is 0 Å². The normalized spacial score (nSPS) is 12.8. The molecule has 0 saturated carbocycles. The lowest BCUT2D eigenvalue weighted by atomic mass is 10.0. The number of nitrogens with one attached hydrogen (secondary N) is 1. The van der Waals surface area contributed by atoms with Crippen LogP contribution in [0, 0.1) is 0 Å². The predicted octanol–water partition coefficient (Wildman–Crippen LogP) is 2.18. The molecule has 1 rings (SSSR count). The molecule has 3 nitrogen and oxygen atoms in total. The molecule has 0 saturated heterocycles. The summed E-state index contributed by atoms with van der Waals surface area (Å²) in [5.74, 6) is 0. The zero-order valence-electron chi connectivity index (χ0n) is 12.6. The van der Waals surface area contributed by atoms with Gasteiger partial charge in [0.15, 0.2) is 0 Å². The first-order valence-electron chi connectivity index (χ1n) is 7.21. The second kappa shape index (κ2) is 9.96. The Kier molecular flexibility index (Phi) is 8.47. The number of nitrogens with zero attached hydrogens (tertiary/aromatic N) is 1. The Morgan fingerprint density at radius 1 is 1.21 bits per heavy atom. The summed E-state index contributed by atoms with van der Waals surface area (Å²) in [6.07, 6.45) is 2.27. The number of hydrogen-bond acceptors (Lipinski definition) is 3. The molecule has 0 bridgehead atoms. The number of rotatable bonds is 10. The van der Waals surface area contributed by atoms with Crippen LogP contribution in [-0.4, -0.2) is 51.3 Å². The van der Waals surface area contributed by atoms with Crippen LogP contribution in [0.15, 0.2) is 30.3 Å². The lowest BCUT2D eigenvalue weighted by molar-refractivity contribution is 0.161. The second-order valence-electron chi connectivity index (χ2n) is 5.05. The fourth-order valence-corrected chi connectivity index (χ4v) is 2.08. The number of methoxy groups -OCH3 is 1. The van der Waals surface area contributed by atoms with Gasteiger partial charge in [-0.2, -0.15) is 0 Å². The fraction of sp³-hybridized carbons (Fsp3) is 0.625. The van der Waals surface area contributed by atoms with Crippen molar-refractivity contribution in [2.45, 2.75) is 25.8 Å². The molecule has 0 radical (unpaired) electrons. The molecule has 0 aliphatic carbocycles. The van der Waals surface area contributed by atoms with Gasteiger partial charge in [-0.25, -0.2) is 0 Å². The largest absolute Gasteiger partial charge is 0.383 e. The van der Waals surface area contributed by atoms with E-state index < -0.39 is 0 Å². The van der Waals surface area contributed by atoms with Crippen LogP contribution in [0.3, 0.4) is 0 Å². The second-order valence-corrected chi connectivity index (χ2v) is 5.05. The summed E-state index contributed by atoms with van der Waals surface area (Å²) in [5.41, 5.74) is 1.41. The van der Waals surface area contributed by atoms with E-state index in [-0.39, 0.29) is 0 Å². The van der Waals surface area contributed by atoms with Crippen molar-refractivity contribution in [3.8, 4) is 0 Å². The van der Waals surface area contributed by atoms with E-state index in [0.717, 1.165) is 39.1 Å². The minimum absolute atomic E-state index is 0.568. The zero-order valence-corrected chi connectivity index (χ0v) is 12.6. The van der Waals surface area contributed by atoms with Crippen LogP contribution in [0.4, 0.5) is 0 Å². The Balaban J connectivity index is 2.22. The van der Waals surface area contributed by atoms with Gasteiger partial charge in [-0.1, -0.05) is 37.3 Å². The first-order chi connectivity index (χ1) is 9.26. The molecule has 0 fully saturated rings. The van der Waals surface area contributed by atoms with Gasteiger partial charge in [-0.3, -0.25) is 0 Å². The maximum Gasteiger partial charge on any atom is 0.0589 e. The molecule has 3 heteroatoms. The maximum absolute atomic E-state index is 5.08. The third-order valence-electron chi connectivity index (χ3n) is 3.42. The summed E-state index contributed by atoms with van der Waals surface area (Å²) < 4.78 is 5.08. The molecular formula is C16H28N2O. The Morgan fingerprint density at radius 3 is 2.58 bits per heavy atom. The Hall–Kier alpha value is -0.900. The first-order valence-corrected chi connectivity index (χ1v) is 7.21. The lowest BCUT2D eigenvalue weighted by Crippen LogP contribution is -2.37. The van der Waals surface area contributed by atoms with E-state index in [1.807, 2.05) is 0 Å². The smallest absolute Gasteiger partial charge is 0.0589 e. The molecule has 1 atom stereocenters. The van der Waals surface area contributed by atoms with Gasteiger partial charge in [-0.05, 0) is 25.5 Å². The maximum atomic E-state index is 5.08. The highest BCUT2D eigenvalue weighted by atomic mass is 16.5. The molecule has 0 aromatic heterocycles. The van der Waals surface area contributed by atoms with Gasteiger partial charge in [0.05, 0.1) is 6.61 Å². The van der Waals surface area contributed by atoms with Gasteiger partial charge >= 0.3 is 0 Å². The summed E-state index contributed by atoms with van der Waals surface area (Å²) in [5, 5.41) is 3.64. The highest BCUT2D eigenvalue weighted by Gasteiger charge is 2.06. The van der Waals surface area contributed by atoms with Crippen molar-refractivity contribution >= 4 is 0 Å². The van der Waals surface area contributed by atoms with Gasteiger partial charge in [0, 0.05) is 32.8 Å². The first kappa shape index (κ1) is 16.2. The number of likely N-dealkylation sites (N-methyl/N-ethyl adjacent to an activating group) is 1. The predicted molar refractivity (Wildman–Crippen MR) is 81.6 cm³/mol. The third-order valence-corrected chi connectivity index (χ3v) is 3.42. The third kappa shape index (κ3) is 7.31. The molecule has 0 aliphatic heterocycles. The van der Waals surface area contributed by atoms with Crippen molar-refractivity contribution < 1.29 is 4.74 Å². The lowest BCUT2D eigenvalue weighted by Gasteiger charge is -2.20. The van der Waals surface area contributed by atoms with Crippen molar-refractivity contribution in [2.24, 2.45) is 0 Å². The van der Waals surface area contributed by atoms with E-state index in [2.05, 4.69) is 54.5 Å². The van der Waals surface area contributed by atoms with Crippen LogP contribution in [0.25, 0.3) is 0 Å². The Bertz CT molecular complexity index is 316. The fourth-order valence-electron chi connectivity index (χ4n) is 2.08. The van der Waals surface area contributed by atoms with Crippen molar-refractivity contribution in [1.82, 2.24) is 10.2 Å². The molecule has 1 unspecified atom stereocenters. The number of benzene rings is 1. The van der Waals surface area contributed by atoms with E-state index in [0.29, 0.717) is 6.04 Å². The minimum Gasteiger partial charge on any atom is -0.383 e. The zero-order chi connectivity index (χ0) is 13.9. The van der Waals surface area contributed by atoms with Gasteiger partial charge < -0.3 is 15.0 Å². The Morgan fingerprint density at radius 2 is 1.95 bits per heavy atom. The SMILES string of the molecule is CCC(Cc1ccccc1)NCCN(C)CCOC. The van der Waals surface area contributed by atoms with Crippen LogP contribution in [0.5, 0.6) is 0 Å². The molecule has 0 aliphatic rings. The number of ether oxygens (including phenoxy) is 1. The average Bonchev–Trinajstić information content (AvgIpc) is 2.45. The van der Waals surface area contributed by atoms with Crippen molar-refractivity contribution in [1.29, 1.82) is 0 Å². The summed E-state index contributed by atoms with van der Waals surface area (Å²) in [7, 11) is 3.89. The van der Waals surface area contributed by atoms with E-state index >= 15 is 0 Å². The van der Waals surface area contributed by atoms with Crippen LogP contribution < -0.4 is 5.32 Å². The van der Waals surface area contributed by atoms with Crippen LogP contribution in [-0.2, 0) is 11.2 Å². The van der Waals surface area contributed by atoms with Gasteiger partial charge in [0.2, 0.25) is 0 Å². The number of hydrogen-bond donors (Lipinski definition) is 1. The van der Waals surface area contributed by atoms with E-state index in [1.165, 1.54) is 5.56 Å². The summed E-state index contributed by atoms with van der Waals surface area (Å²) in [6, 6.07) is 11.3. The topological polar surface area (TPSA) is 24.5 Å². The van der Waals surface area contributed by atoms with Gasteiger partial charge in [0.25, 0.3) is 0 Å².